The largest absolute Gasteiger partial charge is 0.497 e. The minimum absolute atomic E-state index is 0.0964. The van der Waals surface area contributed by atoms with E-state index in [1.807, 2.05) is 53.1 Å². The smallest absolute Gasteiger partial charge is 0.220 e. The van der Waals surface area contributed by atoms with E-state index in [9.17, 15) is 9.18 Å². The van der Waals surface area contributed by atoms with Crippen LogP contribution in [-0.4, -0.2) is 34.7 Å². The van der Waals surface area contributed by atoms with E-state index < -0.39 is 5.82 Å². The van der Waals surface area contributed by atoms with Crippen LogP contribution in [-0.2, 0) is 24.3 Å². The number of rotatable bonds is 9. The maximum Gasteiger partial charge on any atom is 0.220 e. The molecule has 0 aliphatic heterocycles. The molecular weight excluding hydrogens is 423 g/mol. The first kappa shape index (κ1) is 22.3. The topological polar surface area (TPSA) is 78.3 Å². The molecule has 0 bridgehead atoms. The van der Waals surface area contributed by atoms with Crippen LogP contribution in [0.2, 0.25) is 0 Å². The van der Waals surface area contributed by atoms with Crippen LogP contribution < -0.4 is 14.8 Å². The number of imidazole rings is 1. The van der Waals surface area contributed by atoms with Gasteiger partial charge in [0.1, 0.15) is 28.7 Å². The van der Waals surface area contributed by atoms with Crippen molar-refractivity contribution in [2.24, 2.45) is 0 Å². The summed E-state index contributed by atoms with van der Waals surface area (Å²) >= 11 is 0. The number of para-hydroxylation sites is 1. The Morgan fingerprint density at radius 3 is 2.64 bits per heavy atom. The standard InChI is InChI=1S/C25H25FN4O3/c1-32-20-9-7-17(8-10-20)14-27-24(31)12-11-23-29-21-13-19(26)15-28-25(21)30(23)16-18-5-3-4-6-22(18)33-2/h3-10,13,15H,11-12,14,16H2,1-2H3,(H,27,31). The summed E-state index contributed by atoms with van der Waals surface area (Å²) in [6, 6.07) is 16.5. The highest BCUT2D eigenvalue weighted by molar-refractivity contribution is 5.76. The molecule has 0 aliphatic carbocycles. The maximum absolute atomic E-state index is 13.7. The number of halogens is 1. The predicted octanol–water partition coefficient (Wildman–Crippen LogP) is 3.88. The number of ether oxygens (including phenoxy) is 2. The number of fused-ring (bicyclic) bond motifs is 1. The van der Waals surface area contributed by atoms with Gasteiger partial charge < -0.3 is 19.4 Å². The highest BCUT2D eigenvalue weighted by atomic mass is 19.1. The van der Waals surface area contributed by atoms with Gasteiger partial charge in [0.15, 0.2) is 5.65 Å². The lowest BCUT2D eigenvalue weighted by Gasteiger charge is -2.12. The third-order valence-electron chi connectivity index (χ3n) is 5.38. The van der Waals surface area contributed by atoms with Gasteiger partial charge in [-0.25, -0.2) is 14.4 Å². The zero-order chi connectivity index (χ0) is 23.2. The number of amides is 1. The van der Waals surface area contributed by atoms with Crippen molar-refractivity contribution >= 4 is 17.1 Å². The number of methoxy groups -OCH3 is 2. The van der Waals surface area contributed by atoms with Gasteiger partial charge in [-0.15, -0.1) is 0 Å². The number of aryl methyl sites for hydroxylation is 1. The van der Waals surface area contributed by atoms with E-state index in [0.717, 1.165) is 22.6 Å². The van der Waals surface area contributed by atoms with E-state index in [1.54, 1.807) is 14.2 Å². The van der Waals surface area contributed by atoms with Crippen LogP contribution in [0.4, 0.5) is 4.39 Å². The second kappa shape index (κ2) is 10.1. The number of carbonyl (C=O) groups is 1. The minimum atomic E-state index is -0.451. The predicted molar refractivity (Wildman–Crippen MR) is 123 cm³/mol. The molecule has 2 aromatic carbocycles. The highest BCUT2D eigenvalue weighted by Crippen LogP contribution is 2.23. The Morgan fingerprint density at radius 1 is 1.09 bits per heavy atom. The first-order valence-corrected chi connectivity index (χ1v) is 10.6. The fourth-order valence-electron chi connectivity index (χ4n) is 3.65. The van der Waals surface area contributed by atoms with Gasteiger partial charge >= 0.3 is 0 Å². The average molecular weight is 448 g/mol. The molecule has 2 heterocycles. The van der Waals surface area contributed by atoms with Crippen molar-refractivity contribution in [3.8, 4) is 11.5 Å². The fraction of sp³-hybridized carbons (Fsp3) is 0.240. The third kappa shape index (κ3) is 5.28. The molecule has 0 saturated carbocycles. The number of hydrogen-bond acceptors (Lipinski definition) is 5. The number of nitrogens with one attached hydrogen (secondary N) is 1. The first-order valence-electron chi connectivity index (χ1n) is 10.6. The van der Waals surface area contributed by atoms with Crippen LogP contribution in [0, 0.1) is 5.82 Å². The van der Waals surface area contributed by atoms with E-state index in [4.69, 9.17) is 9.47 Å². The van der Waals surface area contributed by atoms with Crippen molar-refractivity contribution in [2.45, 2.75) is 25.9 Å². The van der Waals surface area contributed by atoms with Crippen molar-refractivity contribution in [2.75, 3.05) is 14.2 Å². The van der Waals surface area contributed by atoms with Gasteiger partial charge in [-0.3, -0.25) is 4.79 Å². The second-order valence-electron chi connectivity index (χ2n) is 7.55. The Kier molecular flexibility index (Phi) is 6.83. The van der Waals surface area contributed by atoms with Gasteiger partial charge in [0.2, 0.25) is 5.91 Å². The van der Waals surface area contributed by atoms with Crippen LogP contribution in [0.5, 0.6) is 11.5 Å². The van der Waals surface area contributed by atoms with Crippen molar-refractivity contribution in [3.05, 3.63) is 83.6 Å². The highest BCUT2D eigenvalue weighted by Gasteiger charge is 2.16. The third-order valence-corrected chi connectivity index (χ3v) is 5.38. The van der Waals surface area contributed by atoms with Gasteiger partial charge in [0, 0.05) is 31.0 Å². The molecule has 0 radical (unpaired) electrons. The molecule has 33 heavy (non-hydrogen) atoms. The summed E-state index contributed by atoms with van der Waals surface area (Å²) in [4.78, 5) is 21.3. The van der Waals surface area contributed by atoms with Gasteiger partial charge in [-0.2, -0.15) is 0 Å². The van der Waals surface area contributed by atoms with Crippen molar-refractivity contribution < 1.29 is 18.7 Å². The Balaban J connectivity index is 1.49. The van der Waals surface area contributed by atoms with Crippen LogP contribution in [0.25, 0.3) is 11.2 Å². The molecule has 2 aromatic heterocycles. The lowest BCUT2D eigenvalue weighted by molar-refractivity contribution is -0.121. The molecule has 4 aromatic rings. The Hall–Kier alpha value is -3.94. The SMILES string of the molecule is COc1ccc(CNC(=O)CCc2nc3cc(F)cnc3n2Cc2ccccc2OC)cc1. The van der Waals surface area contributed by atoms with Crippen LogP contribution in [0.15, 0.2) is 60.8 Å². The molecule has 170 valence electrons. The number of pyridine rings is 1. The molecule has 0 unspecified atom stereocenters. The van der Waals surface area contributed by atoms with Crippen LogP contribution in [0.3, 0.4) is 0 Å². The molecule has 4 rings (SSSR count). The second-order valence-corrected chi connectivity index (χ2v) is 7.55. The normalized spacial score (nSPS) is 10.9. The van der Waals surface area contributed by atoms with Gasteiger partial charge in [-0.05, 0) is 23.8 Å². The fourth-order valence-corrected chi connectivity index (χ4v) is 3.65. The van der Waals surface area contributed by atoms with Gasteiger partial charge in [-0.1, -0.05) is 30.3 Å². The first-order chi connectivity index (χ1) is 16.1. The van der Waals surface area contributed by atoms with Crippen LogP contribution >= 0.6 is 0 Å². The lowest BCUT2D eigenvalue weighted by Crippen LogP contribution is -2.23. The lowest BCUT2D eigenvalue weighted by atomic mass is 10.2. The zero-order valence-electron chi connectivity index (χ0n) is 18.5. The van der Waals surface area contributed by atoms with Gasteiger partial charge in [0.05, 0.1) is 27.0 Å². The molecule has 1 amide bonds. The summed E-state index contributed by atoms with van der Waals surface area (Å²) in [6.45, 7) is 0.870. The molecular formula is C25H25FN4O3. The van der Waals surface area contributed by atoms with E-state index in [2.05, 4.69) is 15.3 Å². The average Bonchev–Trinajstić information content (AvgIpc) is 3.18. The Labute approximate surface area is 191 Å². The molecule has 1 N–H and O–H groups in total. The molecule has 0 saturated heterocycles. The summed E-state index contributed by atoms with van der Waals surface area (Å²) in [5.41, 5.74) is 2.94. The summed E-state index contributed by atoms with van der Waals surface area (Å²) in [5, 5.41) is 2.92. The Bertz CT molecular complexity index is 1250. The van der Waals surface area contributed by atoms with E-state index in [0.29, 0.717) is 36.5 Å². The van der Waals surface area contributed by atoms with E-state index in [-0.39, 0.29) is 12.3 Å². The monoisotopic (exact) mass is 448 g/mol. The van der Waals surface area contributed by atoms with Crippen molar-refractivity contribution in [3.63, 3.8) is 0 Å². The molecule has 0 atom stereocenters. The quantitative estimate of drug-likeness (QED) is 0.420. The summed E-state index contributed by atoms with van der Waals surface area (Å²) in [5.74, 6) is 1.62. The maximum atomic E-state index is 13.7. The number of benzene rings is 2. The Morgan fingerprint density at radius 2 is 1.88 bits per heavy atom. The zero-order valence-corrected chi connectivity index (χ0v) is 18.5. The summed E-state index contributed by atoms with van der Waals surface area (Å²) in [6.07, 6.45) is 1.81. The molecule has 0 aliphatic rings. The van der Waals surface area contributed by atoms with Crippen LogP contribution in [0.1, 0.15) is 23.4 Å². The molecule has 8 heteroatoms. The number of aromatic nitrogens is 3. The van der Waals surface area contributed by atoms with Crippen molar-refractivity contribution in [1.29, 1.82) is 0 Å². The molecule has 0 spiro atoms. The number of carbonyl (C=O) groups excluding carboxylic acids is 1. The van der Waals surface area contributed by atoms with Crippen molar-refractivity contribution in [1.82, 2.24) is 19.9 Å². The van der Waals surface area contributed by atoms with E-state index >= 15 is 0 Å². The number of hydrogen-bond donors (Lipinski definition) is 1. The minimum Gasteiger partial charge on any atom is -0.497 e. The van der Waals surface area contributed by atoms with E-state index in [1.165, 1.54) is 12.3 Å². The molecule has 0 fully saturated rings. The molecule has 7 nitrogen and oxygen atoms in total. The van der Waals surface area contributed by atoms with Gasteiger partial charge in [0.25, 0.3) is 0 Å². The summed E-state index contributed by atoms with van der Waals surface area (Å²) in [7, 11) is 3.23. The summed E-state index contributed by atoms with van der Waals surface area (Å²) < 4.78 is 26.3. The number of nitrogens with zero attached hydrogens (tertiary/aromatic N) is 3.